The normalized spacial score (nSPS) is 23.4. The van der Waals surface area contributed by atoms with E-state index in [1.165, 1.54) is 0 Å². The number of rotatable bonds is 3. The highest BCUT2D eigenvalue weighted by Crippen LogP contribution is 2.21. The third kappa shape index (κ3) is 2.73. The van der Waals surface area contributed by atoms with Gasteiger partial charge in [0.15, 0.2) is 0 Å². The Balaban J connectivity index is 2.27. The highest BCUT2D eigenvalue weighted by molar-refractivity contribution is 6.31. The second-order valence-corrected chi connectivity index (χ2v) is 5.12. The maximum Gasteiger partial charge on any atom is 0.245 e. The molecule has 5 heteroatoms. The quantitative estimate of drug-likeness (QED) is 0.920. The fraction of sp³-hybridized carbons (Fsp3) is 0.429. The predicted octanol–water partition coefficient (Wildman–Crippen LogP) is 1.97. The number of carbonyl (C=O) groups excluding carboxylic acids is 2. The fourth-order valence-electron chi connectivity index (χ4n) is 2.32. The molecule has 2 amide bonds. The molecule has 0 spiro atoms. The summed E-state index contributed by atoms with van der Waals surface area (Å²) in [5.41, 5.74) is 0.859. The lowest BCUT2D eigenvalue weighted by Gasteiger charge is -2.37. The molecule has 1 aromatic rings. The SMILES string of the molecule is CCC1C(=O)NC(C)C(=O)N1Cc1ccccc1Cl. The molecule has 19 heavy (non-hydrogen) atoms. The van der Waals surface area contributed by atoms with E-state index in [1.54, 1.807) is 17.9 Å². The number of benzene rings is 1. The van der Waals surface area contributed by atoms with Gasteiger partial charge in [0.1, 0.15) is 12.1 Å². The number of nitrogens with zero attached hydrogens (tertiary/aromatic N) is 1. The van der Waals surface area contributed by atoms with E-state index in [0.717, 1.165) is 5.56 Å². The van der Waals surface area contributed by atoms with E-state index in [0.29, 0.717) is 18.0 Å². The van der Waals surface area contributed by atoms with Gasteiger partial charge < -0.3 is 10.2 Å². The van der Waals surface area contributed by atoms with Crippen molar-refractivity contribution in [3.05, 3.63) is 34.9 Å². The third-order valence-electron chi connectivity index (χ3n) is 3.38. The number of halogens is 1. The average Bonchev–Trinajstić information content (AvgIpc) is 2.38. The van der Waals surface area contributed by atoms with E-state index in [4.69, 9.17) is 11.6 Å². The van der Waals surface area contributed by atoms with Crippen LogP contribution in [-0.4, -0.2) is 28.8 Å². The summed E-state index contributed by atoms with van der Waals surface area (Å²) >= 11 is 6.12. The Morgan fingerprint density at radius 2 is 2.00 bits per heavy atom. The van der Waals surface area contributed by atoms with Gasteiger partial charge in [-0.2, -0.15) is 0 Å². The van der Waals surface area contributed by atoms with Gasteiger partial charge >= 0.3 is 0 Å². The van der Waals surface area contributed by atoms with Crippen LogP contribution in [0.25, 0.3) is 0 Å². The minimum Gasteiger partial charge on any atom is -0.343 e. The molecule has 2 rings (SSSR count). The molecule has 0 aromatic heterocycles. The molecule has 1 fully saturated rings. The zero-order valence-corrected chi connectivity index (χ0v) is 11.8. The van der Waals surface area contributed by atoms with Gasteiger partial charge in [0.2, 0.25) is 11.8 Å². The summed E-state index contributed by atoms with van der Waals surface area (Å²) in [6.45, 7) is 3.97. The Hall–Kier alpha value is -1.55. The monoisotopic (exact) mass is 280 g/mol. The van der Waals surface area contributed by atoms with Crippen molar-refractivity contribution in [1.29, 1.82) is 0 Å². The molecule has 0 radical (unpaired) electrons. The van der Waals surface area contributed by atoms with Gasteiger partial charge in [0.25, 0.3) is 0 Å². The third-order valence-corrected chi connectivity index (χ3v) is 3.75. The maximum atomic E-state index is 12.2. The molecule has 1 aliphatic heterocycles. The van der Waals surface area contributed by atoms with Crippen molar-refractivity contribution in [2.45, 2.75) is 38.9 Å². The lowest BCUT2D eigenvalue weighted by molar-refractivity contribution is -0.149. The van der Waals surface area contributed by atoms with Gasteiger partial charge in [-0.25, -0.2) is 0 Å². The maximum absolute atomic E-state index is 12.2. The first kappa shape index (κ1) is 13.9. The van der Waals surface area contributed by atoms with Gasteiger partial charge in [-0.05, 0) is 25.0 Å². The Labute approximate surface area is 117 Å². The molecule has 2 unspecified atom stereocenters. The molecule has 0 saturated carbocycles. The van der Waals surface area contributed by atoms with Crippen molar-refractivity contribution < 1.29 is 9.59 Å². The van der Waals surface area contributed by atoms with Crippen LogP contribution in [0.2, 0.25) is 5.02 Å². The molecule has 0 aliphatic carbocycles. The van der Waals surface area contributed by atoms with Crippen molar-refractivity contribution in [2.75, 3.05) is 0 Å². The lowest BCUT2D eigenvalue weighted by Crippen LogP contribution is -2.61. The van der Waals surface area contributed by atoms with Crippen LogP contribution < -0.4 is 5.32 Å². The van der Waals surface area contributed by atoms with Gasteiger partial charge in [-0.1, -0.05) is 36.7 Å². The first-order chi connectivity index (χ1) is 9.04. The Morgan fingerprint density at radius 3 is 2.63 bits per heavy atom. The van der Waals surface area contributed by atoms with Crippen LogP contribution >= 0.6 is 11.6 Å². The molecule has 4 nitrogen and oxygen atoms in total. The largest absolute Gasteiger partial charge is 0.343 e. The summed E-state index contributed by atoms with van der Waals surface area (Å²) in [6.07, 6.45) is 0.592. The van der Waals surface area contributed by atoms with Crippen LogP contribution in [0.5, 0.6) is 0 Å². The number of amides is 2. The van der Waals surface area contributed by atoms with Gasteiger partial charge in [0.05, 0.1) is 0 Å². The number of piperazine rings is 1. The summed E-state index contributed by atoms with van der Waals surface area (Å²) in [5.74, 6) is -0.159. The first-order valence-electron chi connectivity index (χ1n) is 6.38. The zero-order valence-electron chi connectivity index (χ0n) is 11.0. The minimum atomic E-state index is -0.474. The second-order valence-electron chi connectivity index (χ2n) is 4.71. The van der Waals surface area contributed by atoms with E-state index < -0.39 is 12.1 Å². The van der Waals surface area contributed by atoms with Crippen molar-refractivity contribution in [3.8, 4) is 0 Å². The summed E-state index contributed by atoms with van der Waals surface area (Å²) in [6, 6.07) is 6.49. The van der Waals surface area contributed by atoms with Crippen molar-refractivity contribution in [3.63, 3.8) is 0 Å². The summed E-state index contributed by atoms with van der Waals surface area (Å²) in [5, 5.41) is 3.31. The molecule has 2 atom stereocenters. The van der Waals surface area contributed by atoms with Crippen LogP contribution in [0.3, 0.4) is 0 Å². The van der Waals surface area contributed by atoms with Crippen LogP contribution in [0.15, 0.2) is 24.3 Å². The standard InChI is InChI=1S/C14H17ClN2O2/c1-3-12-13(18)16-9(2)14(19)17(12)8-10-6-4-5-7-11(10)15/h4-7,9,12H,3,8H2,1-2H3,(H,16,18). The van der Waals surface area contributed by atoms with Crippen LogP contribution in [0.1, 0.15) is 25.8 Å². The molecular formula is C14H17ClN2O2. The highest BCUT2D eigenvalue weighted by Gasteiger charge is 2.37. The van der Waals surface area contributed by atoms with E-state index in [1.807, 2.05) is 25.1 Å². The van der Waals surface area contributed by atoms with Crippen LogP contribution in [0.4, 0.5) is 0 Å². The van der Waals surface area contributed by atoms with Gasteiger partial charge in [-0.3, -0.25) is 9.59 Å². The van der Waals surface area contributed by atoms with Crippen molar-refractivity contribution in [1.82, 2.24) is 10.2 Å². The number of carbonyl (C=O) groups is 2. The smallest absolute Gasteiger partial charge is 0.245 e. The molecule has 0 bridgehead atoms. The Bertz CT molecular complexity index is 504. The number of hydrogen-bond donors (Lipinski definition) is 1. The topological polar surface area (TPSA) is 49.4 Å². The van der Waals surface area contributed by atoms with E-state index in [-0.39, 0.29) is 11.8 Å². The Kier molecular flexibility index (Phi) is 4.10. The van der Waals surface area contributed by atoms with E-state index in [2.05, 4.69) is 5.32 Å². The second kappa shape index (κ2) is 5.61. The Morgan fingerprint density at radius 1 is 1.32 bits per heavy atom. The van der Waals surface area contributed by atoms with Crippen LogP contribution in [0, 0.1) is 0 Å². The molecular weight excluding hydrogens is 264 g/mol. The first-order valence-corrected chi connectivity index (χ1v) is 6.76. The molecule has 102 valence electrons. The summed E-state index contributed by atoms with van der Waals surface area (Å²) in [4.78, 5) is 25.8. The lowest BCUT2D eigenvalue weighted by atomic mass is 10.0. The summed E-state index contributed by atoms with van der Waals surface area (Å²) < 4.78 is 0. The molecule has 1 aromatic carbocycles. The fourth-order valence-corrected chi connectivity index (χ4v) is 2.51. The van der Waals surface area contributed by atoms with Crippen LogP contribution in [-0.2, 0) is 16.1 Å². The zero-order chi connectivity index (χ0) is 14.0. The minimum absolute atomic E-state index is 0.0635. The van der Waals surface area contributed by atoms with E-state index >= 15 is 0 Å². The number of hydrogen-bond acceptors (Lipinski definition) is 2. The van der Waals surface area contributed by atoms with Crippen molar-refractivity contribution >= 4 is 23.4 Å². The van der Waals surface area contributed by atoms with Crippen molar-refractivity contribution in [2.24, 2.45) is 0 Å². The highest BCUT2D eigenvalue weighted by atomic mass is 35.5. The number of nitrogens with one attached hydrogen (secondary N) is 1. The predicted molar refractivity (Wildman–Crippen MR) is 73.7 cm³/mol. The van der Waals surface area contributed by atoms with Gasteiger partial charge in [-0.15, -0.1) is 0 Å². The average molecular weight is 281 g/mol. The molecule has 1 aliphatic rings. The molecule has 1 saturated heterocycles. The van der Waals surface area contributed by atoms with Gasteiger partial charge in [0, 0.05) is 11.6 Å². The molecule has 1 N–H and O–H groups in total. The summed E-state index contributed by atoms with van der Waals surface area (Å²) in [7, 11) is 0. The van der Waals surface area contributed by atoms with E-state index in [9.17, 15) is 9.59 Å². The molecule has 1 heterocycles.